The van der Waals surface area contributed by atoms with Crippen molar-refractivity contribution in [2.45, 2.75) is 24.7 Å². The molecule has 2 nitrogen and oxygen atoms in total. The molecule has 1 spiro atoms. The van der Waals surface area contributed by atoms with E-state index in [1.54, 1.807) is 0 Å². The van der Waals surface area contributed by atoms with Crippen LogP contribution in [0.5, 0.6) is 0 Å². The number of anilines is 6. The fraction of sp³-hybridized carbons (Fsp3) is 0.0455. The fourth-order valence-electron chi connectivity index (χ4n) is 15.6. The largest absolute Gasteiger partial charge is 0.311 e. The van der Waals surface area contributed by atoms with Crippen molar-refractivity contribution in [2.24, 2.45) is 0 Å². The summed E-state index contributed by atoms with van der Waals surface area (Å²) in [5, 5.41) is 2.64. The highest BCUT2D eigenvalue weighted by Crippen LogP contribution is 2.66. The van der Waals surface area contributed by atoms with Gasteiger partial charge in [-0.2, -0.15) is 0 Å². The minimum Gasteiger partial charge on any atom is -0.311 e. The maximum Gasteiger partial charge on any atom is 0.0726 e. The summed E-state index contributed by atoms with van der Waals surface area (Å²) in [7, 11) is 0. The van der Waals surface area contributed by atoms with Crippen LogP contribution in [0.4, 0.5) is 34.1 Å². The van der Waals surface area contributed by atoms with Gasteiger partial charge >= 0.3 is 0 Å². The Morgan fingerprint density at radius 3 is 1.18 bits per heavy atom. The summed E-state index contributed by atoms with van der Waals surface area (Å²) in [6.07, 6.45) is 0. The van der Waals surface area contributed by atoms with Gasteiger partial charge in [0.15, 0.2) is 0 Å². The first kappa shape index (κ1) is 53.0. The standard InChI is InChI=1S/C88H60N2S/c1-87(2)77-27-15-12-24-71(77)73-50-47-69(55-80(73)87)90(68-43-34-62(35-44-68)59-22-10-5-11-23-59)70-48-51-75-82(56-70)88(79-52-53-84-86(85(75)79)76-26-14-17-29-83(76)91-84)78-28-16-13-25-72(78)74-49-38-64(54-81(74)88)63-36-45-67(46-37-63)89(65-39-30-60(31-40-65)57-18-6-3-7-19-57)66-41-32-61(33-42-66)58-20-8-4-9-21-58/h3-56H,1-2H3. The molecule has 0 radical (unpaired) electrons. The van der Waals surface area contributed by atoms with E-state index in [1.165, 1.54) is 126 Å². The molecule has 0 fully saturated rings. The molecule has 3 aliphatic carbocycles. The van der Waals surface area contributed by atoms with Gasteiger partial charge in [-0.25, -0.2) is 0 Å². The van der Waals surface area contributed by atoms with Crippen LogP contribution in [0.25, 0.3) is 98.1 Å². The first-order valence-electron chi connectivity index (χ1n) is 31.6. The monoisotopic (exact) mass is 1180 g/mol. The molecule has 91 heavy (non-hydrogen) atoms. The van der Waals surface area contributed by atoms with Crippen molar-refractivity contribution in [1.29, 1.82) is 0 Å². The molecule has 428 valence electrons. The second-order valence-electron chi connectivity index (χ2n) is 25.1. The summed E-state index contributed by atoms with van der Waals surface area (Å²) in [6, 6.07) is 122. The molecule has 0 saturated heterocycles. The van der Waals surface area contributed by atoms with Crippen LogP contribution in [-0.4, -0.2) is 0 Å². The van der Waals surface area contributed by atoms with Gasteiger partial charge in [0.05, 0.1) is 5.41 Å². The molecule has 15 aromatic rings. The smallest absolute Gasteiger partial charge is 0.0726 e. The minimum atomic E-state index is -0.654. The van der Waals surface area contributed by atoms with Crippen LogP contribution in [0, 0.1) is 0 Å². The molecule has 0 N–H and O–H groups in total. The van der Waals surface area contributed by atoms with Crippen molar-refractivity contribution in [3.05, 3.63) is 361 Å². The maximum atomic E-state index is 2.56. The van der Waals surface area contributed by atoms with Gasteiger partial charge in [0.1, 0.15) is 0 Å². The van der Waals surface area contributed by atoms with Crippen molar-refractivity contribution < 1.29 is 0 Å². The highest BCUT2D eigenvalue weighted by atomic mass is 32.1. The molecule has 1 atom stereocenters. The van der Waals surface area contributed by atoms with Gasteiger partial charge in [-0.15, -0.1) is 11.3 Å². The van der Waals surface area contributed by atoms with E-state index < -0.39 is 5.41 Å². The van der Waals surface area contributed by atoms with Crippen LogP contribution in [0.3, 0.4) is 0 Å². The number of benzene rings is 14. The number of rotatable bonds is 10. The van der Waals surface area contributed by atoms with Gasteiger partial charge in [-0.05, 0) is 202 Å². The summed E-state index contributed by atoms with van der Waals surface area (Å²) >= 11 is 1.90. The van der Waals surface area contributed by atoms with Gasteiger partial charge in [-0.3, -0.25) is 0 Å². The number of hydrogen-bond donors (Lipinski definition) is 0. The Balaban J connectivity index is 0.814. The van der Waals surface area contributed by atoms with E-state index in [4.69, 9.17) is 0 Å². The lowest BCUT2D eigenvalue weighted by atomic mass is 9.70. The zero-order chi connectivity index (χ0) is 60.4. The Morgan fingerprint density at radius 1 is 0.242 bits per heavy atom. The van der Waals surface area contributed by atoms with Crippen molar-refractivity contribution in [3.8, 4) is 77.9 Å². The molecule has 3 aliphatic rings. The second kappa shape index (κ2) is 20.8. The van der Waals surface area contributed by atoms with E-state index in [1.807, 2.05) is 11.3 Å². The van der Waals surface area contributed by atoms with Gasteiger partial charge in [0.2, 0.25) is 0 Å². The number of fused-ring (bicyclic) bond motifs is 17. The van der Waals surface area contributed by atoms with E-state index in [0.717, 1.165) is 39.7 Å². The summed E-state index contributed by atoms with van der Waals surface area (Å²) < 4.78 is 2.62. The predicted molar refractivity (Wildman–Crippen MR) is 384 cm³/mol. The maximum absolute atomic E-state index is 2.56. The average molecular weight is 1180 g/mol. The van der Waals surface area contributed by atoms with Crippen molar-refractivity contribution in [3.63, 3.8) is 0 Å². The van der Waals surface area contributed by atoms with Gasteiger partial charge in [-0.1, -0.05) is 250 Å². The lowest BCUT2D eigenvalue weighted by Gasteiger charge is -2.33. The molecule has 0 aliphatic heterocycles. The van der Waals surface area contributed by atoms with E-state index in [9.17, 15) is 0 Å². The molecule has 18 rings (SSSR count). The third-order valence-corrected chi connectivity index (χ3v) is 21.0. The average Bonchev–Trinajstić information content (AvgIpc) is 1.50. The summed E-state index contributed by atoms with van der Waals surface area (Å²) in [5.74, 6) is 0. The summed E-state index contributed by atoms with van der Waals surface area (Å²) in [6.45, 7) is 4.77. The number of nitrogens with zero attached hydrogens (tertiary/aromatic N) is 2. The Hall–Kier alpha value is -11.1. The topological polar surface area (TPSA) is 6.48 Å². The molecular formula is C88H60N2S. The van der Waals surface area contributed by atoms with E-state index in [-0.39, 0.29) is 5.41 Å². The first-order valence-corrected chi connectivity index (χ1v) is 32.4. The molecule has 0 bridgehead atoms. The van der Waals surface area contributed by atoms with Crippen LogP contribution in [-0.2, 0) is 10.8 Å². The predicted octanol–water partition coefficient (Wildman–Crippen LogP) is 24.3. The van der Waals surface area contributed by atoms with Crippen LogP contribution in [0.2, 0.25) is 0 Å². The molecule has 1 aromatic heterocycles. The Kier molecular flexibility index (Phi) is 12.1. The SMILES string of the molecule is CC1(C)c2ccccc2-c2ccc(N(c3ccc(-c4ccccc4)cc3)c3ccc4c(c3)C3(c5ccccc5-c5ccc(-c6ccc(N(c7ccc(-c8ccccc8)cc7)c7ccc(-c8ccccc8)cc7)cc6)cc53)c3ccc5sc6ccccc6c5c3-4)cc21. The van der Waals surface area contributed by atoms with Crippen LogP contribution in [0.15, 0.2) is 328 Å². The quantitative estimate of drug-likeness (QED) is 0.135. The fourth-order valence-corrected chi connectivity index (χ4v) is 16.7. The van der Waals surface area contributed by atoms with Crippen molar-refractivity contribution >= 4 is 65.6 Å². The van der Waals surface area contributed by atoms with Gasteiger partial charge < -0.3 is 9.80 Å². The van der Waals surface area contributed by atoms with E-state index >= 15 is 0 Å². The molecular weight excluding hydrogens is 1120 g/mol. The third-order valence-electron chi connectivity index (χ3n) is 19.9. The van der Waals surface area contributed by atoms with Crippen LogP contribution in [0.1, 0.15) is 47.2 Å². The lowest BCUT2D eigenvalue weighted by Crippen LogP contribution is -2.26. The Bertz CT molecular complexity index is 5260. The Labute approximate surface area is 535 Å². The zero-order valence-corrected chi connectivity index (χ0v) is 51.3. The first-order chi connectivity index (χ1) is 44.9. The molecule has 14 aromatic carbocycles. The van der Waals surface area contributed by atoms with E-state index in [2.05, 4.69) is 351 Å². The second-order valence-corrected chi connectivity index (χ2v) is 26.2. The molecule has 0 amide bonds. The van der Waals surface area contributed by atoms with Crippen LogP contribution >= 0.6 is 11.3 Å². The summed E-state index contributed by atoms with van der Waals surface area (Å²) in [4.78, 5) is 4.89. The van der Waals surface area contributed by atoms with E-state index in [0.29, 0.717) is 0 Å². The molecule has 1 heterocycles. The molecule has 0 saturated carbocycles. The summed E-state index contributed by atoms with van der Waals surface area (Å²) in [5.41, 5.74) is 31.1. The number of thiophene rings is 1. The lowest BCUT2D eigenvalue weighted by molar-refractivity contribution is 0.660. The number of hydrogen-bond acceptors (Lipinski definition) is 3. The highest BCUT2D eigenvalue weighted by molar-refractivity contribution is 7.26. The van der Waals surface area contributed by atoms with Crippen LogP contribution < -0.4 is 9.80 Å². The zero-order valence-electron chi connectivity index (χ0n) is 50.5. The third kappa shape index (κ3) is 8.24. The van der Waals surface area contributed by atoms with Crippen molar-refractivity contribution in [1.82, 2.24) is 0 Å². The normalized spacial score (nSPS) is 14.4. The molecule has 1 unspecified atom stereocenters. The highest BCUT2D eigenvalue weighted by Gasteiger charge is 2.53. The van der Waals surface area contributed by atoms with Gasteiger partial charge in [0.25, 0.3) is 0 Å². The Morgan fingerprint density at radius 2 is 0.615 bits per heavy atom. The van der Waals surface area contributed by atoms with Gasteiger partial charge in [0, 0.05) is 59.7 Å². The van der Waals surface area contributed by atoms with Crippen molar-refractivity contribution in [2.75, 3.05) is 9.80 Å². The minimum absolute atomic E-state index is 0.179. The molecule has 3 heteroatoms.